The van der Waals surface area contributed by atoms with Crippen LogP contribution in [0.5, 0.6) is 11.5 Å². The standard InChI is InChI=1S/C27H33IN2O9/c1-36-23-9-17(13-32)8-20(28)25(23)39-22-11-19(26(34)29-4-5-31)10-21(24(22)33)30(12-16-2-6-37-14-16)27(35)18-3-7-38-15-18/h2,6,8-9,11,14,18,21-22,24,31-33H,3-5,7,10,12-13,15H2,1H3,(H,29,34)/t18?,21-,22+,24+/m1/s1. The SMILES string of the molecule is COc1cc(CO)cc(I)c1O[C@H]1C=C(C(=O)NCCO)C[C@@H](N(Cc2ccoc2)C(=O)C2CCOC2)[C@@H]1O. The molecule has 1 aliphatic carbocycles. The Hall–Kier alpha value is -2.65. The van der Waals surface area contributed by atoms with Gasteiger partial charge in [0.2, 0.25) is 11.8 Å². The molecule has 39 heavy (non-hydrogen) atoms. The van der Waals surface area contributed by atoms with Crippen molar-refractivity contribution in [1.82, 2.24) is 10.2 Å². The number of nitrogens with one attached hydrogen (secondary N) is 1. The van der Waals surface area contributed by atoms with E-state index < -0.39 is 24.2 Å². The molecule has 1 aromatic carbocycles. The van der Waals surface area contributed by atoms with Crippen molar-refractivity contribution in [1.29, 1.82) is 0 Å². The van der Waals surface area contributed by atoms with Crippen LogP contribution in [0.4, 0.5) is 0 Å². The molecule has 4 N–H and O–H groups in total. The fraction of sp³-hybridized carbons (Fsp3) is 0.481. The number of aliphatic hydroxyl groups is 3. The smallest absolute Gasteiger partial charge is 0.247 e. The summed E-state index contributed by atoms with van der Waals surface area (Å²) < 4.78 is 23.1. The monoisotopic (exact) mass is 656 g/mol. The summed E-state index contributed by atoms with van der Waals surface area (Å²) in [6.45, 7) is 0.565. The van der Waals surface area contributed by atoms with Gasteiger partial charge in [-0.25, -0.2) is 0 Å². The molecule has 1 aliphatic heterocycles. The van der Waals surface area contributed by atoms with Gasteiger partial charge in [-0.05, 0) is 58.9 Å². The van der Waals surface area contributed by atoms with E-state index in [2.05, 4.69) is 27.9 Å². The number of halogens is 1. The van der Waals surface area contributed by atoms with E-state index >= 15 is 0 Å². The molecular weight excluding hydrogens is 623 g/mol. The van der Waals surface area contributed by atoms with Gasteiger partial charge < -0.3 is 44.2 Å². The van der Waals surface area contributed by atoms with Gasteiger partial charge in [-0.3, -0.25) is 9.59 Å². The van der Waals surface area contributed by atoms with E-state index in [9.17, 15) is 24.9 Å². The molecule has 0 saturated carbocycles. The molecule has 4 rings (SSSR count). The molecule has 2 heterocycles. The van der Waals surface area contributed by atoms with Crippen molar-refractivity contribution in [3.8, 4) is 11.5 Å². The van der Waals surface area contributed by atoms with Crippen LogP contribution in [0.1, 0.15) is 24.0 Å². The molecule has 1 fully saturated rings. The van der Waals surface area contributed by atoms with E-state index in [4.69, 9.17) is 18.6 Å². The van der Waals surface area contributed by atoms with Gasteiger partial charge in [-0.1, -0.05) is 0 Å². The van der Waals surface area contributed by atoms with Gasteiger partial charge in [-0.15, -0.1) is 0 Å². The number of benzene rings is 1. The first-order valence-corrected chi connectivity index (χ1v) is 13.7. The molecule has 2 amide bonds. The Morgan fingerprint density at radius 3 is 2.72 bits per heavy atom. The minimum atomic E-state index is -1.20. The molecule has 1 saturated heterocycles. The number of rotatable bonds is 11. The van der Waals surface area contributed by atoms with Crippen LogP contribution >= 0.6 is 22.6 Å². The number of hydrogen-bond acceptors (Lipinski definition) is 9. The number of amides is 2. The number of furan rings is 1. The summed E-state index contributed by atoms with van der Waals surface area (Å²) in [5.41, 5.74) is 1.68. The first-order chi connectivity index (χ1) is 18.9. The van der Waals surface area contributed by atoms with Gasteiger partial charge in [0, 0.05) is 37.3 Å². The van der Waals surface area contributed by atoms with Crippen molar-refractivity contribution in [3.63, 3.8) is 0 Å². The van der Waals surface area contributed by atoms with Crippen LogP contribution in [0.15, 0.2) is 46.8 Å². The molecule has 12 heteroatoms. The van der Waals surface area contributed by atoms with Gasteiger partial charge in [0.05, 0.1) is 55.0 Å². The summed E-state index contributed by atoms with van der Waals surface area (Å²) in [6.07, 6.45) is 3.02. The van der Waals surface area contributed by atoms with E-state index in [1.54, 1.807) is 29.2 Å². The van der Waals surface area contributed by atoms with Crippen LogP contribution in [-0.4, -0.2) is 83.8 Å². The molecule has 11 nitrogen and oxygen atoms in total. The van der Waals surface area contributed by atoms with Gasteiger partial charge in [0.1, 0.15) is 12.2 Å². The van der Waals surface area contributed by atoms with Crippen molar-refractivity contribution in [3.05, 3.63) is 57.1 Å². The van der Waals surface area contributed by atoms with E-state index in [0.717, 1.165) is 5.56 Å². The Balaban J connectivity index is 1.71. The molecule has 2 aromatic rings. The predicted octanol–water partition coefficient (Wildman–Crippen LogP) is 1.37. The van der Waals surface area contributed by atoms with Gasteiger partial charge in [0.25, 0.3) is 0 Å². The molecule has 212 valence electrons. The maximum Gasteiger partial charge on any atom is 0.247 e. The largest absolute Gasteiger partial charge is 0.493 e. The average molecular weight is 656 g/mol. The Bertz CT molecular complexity index is 1160. The lowest BCUT2D eigenvalue weighted by atomic mass is 9.87. The number of ether oxygens (including phenoxy) is 3. The fourth-order valence-corrected chi connectivity index (χ4v) is 5.59. The normalized spacial score (nSPS) is 22.7. The van der Waals surface area contributed by atoms with E-state index in [-0.39, 0.29) is 51.2 Å². The van der Waals surface area contributed by atoms with Crippen LogP contribution < -0.4 is 14.8 Å². The van der Waals surface area contributed by atoms with Crippen molar-refractivity contribution in [2.24, 2.45) is 5.92 Å². The highest BCUT2D eigenvalue weighted by molar-refractivity contribution is 14.1. The number of nitrogens with zero attached hydrogens (tertiary/aromatic N) is 1. The third-order valence-electron chi connectivity index (χ3n) is 6.84. The van der Waals surface area contributed by atoms with Crippen molar-refractivity contribution < 1.29 is 43.5 Å². The summed E-state index contributed by atoms with van der Waals surface area (Å²) in [7, 11) is 1.47. The number of carbonyl (C=O) groups is 2. The van der Waals surface area contributed by atoms with Crippen molar-refractivity contribution >= 4 is 34.4 Å². The molecule has 0 radical (unpaired) electrons. The first-order valence-electron chi connectivity index (χ1n) is 12.7. The quantitative estimate of drug-likeness (QED) is 0.263. The van der Waals surface area contributed by atoms with E-state index in [1.807, 2.05) is 0 Å². The number of methoxy groups -OCH3 is 1. The summed E-state index contributed by atoms with van der Waals surface area (Å²) in [4.78, 5) is 28.3. The second kappa shape index (κ2) is 13.6. The summed E-state index contributed by atoms with van der Waals surface area (Å²) in [5, 5.41) is 33.1. The zero-order valence-electron chi connectivity index (χ0n) is 21.5. The van der Waals surface area contributed by atoms with E-state index in [1.165, 1.54) is 19.6 Å². The van der Waals surface area contributed by atoms with Crippen molar-refractivity contribution in [2.75, 3.05) is 33.5 Å². The summed E-state index contributed by atoms with van der Waals surface area (Å²) >= 11 is 2.05. The maximum atomic E-state index is 13.7. The molecule has 1 unspecified atom stereocenters. The fourth-order valence-electron chi connectivity index (χ4n) is 4.80. The second-order valence-electron chi connectivity index (χ2n) is 9.44. The van der Waals surface area contributed by atoms with Crippen LogP contribution in [0, 0.1) is 9.49 Å². The van der Waals surface area contributed by atoms with Crippen LogP contribution in [0.25, 0.3) is 0 Å². The third kappa shape index (κ3) is 6.92. The van der Waals surface area contributed by atoms with Crippen LogP contribution in [0.2, 0.25) is 0 Å². The lowest BCUT2D eigenvalue weighted by Gasteiger charge is -2.41. The maximum absolute atomic E-state index is 13.7. The predicted molar refractivity (Wildman–Crippen MR) is 147 cm³/mol. The van der Waals surface area contributed by atoms with E-state index in [0.29, 0.717) is 39.2 Å². The van der Waals surface area contributed by atoms with Crippen LogP contribution in [-0.2, 0) is 27.5 Å². The molecule has 0 bridgehead atoms. The molecular formula is C27H33IN2O9. The minimum absolute atomic E-state index is 0.0559. The second-order valence-corrected chi connectivity index (χ2v) is 10.6. The molecule has 1 aromatic heterocycles. The van der Waals surface area contributed by atoms with Gasteiger partial charge >= 0.3 is 0 Å². The number of hydrogen-bond donors (Lipinski definition) is 4. The Kier molecular flexibility index (Phi) is 10.2. The van der Waals surface area contributed by atoms with Crippen LogP contribution in [0.3, 0.4) is 0 Å². The lowest BCUT2D eigenvalue weighted by molar-refractivity contribution is -0.143. The topological polar surface area (TPSA) is 151 Å². The first kappa shape index (κ1) is 29.3. The highest BCUT2D eigenvalue weighted by Gasteiger charge is 2.43. The summed E-state index contributed by atoms with van der Waals surface area (Å²) in [6, 6.07) is 4.31. The minimum Gasteiger partial charge on any atom is -0.493 e. The molecule has 0 spiro atoms. The zero-order valence-corrected chi connectivity index (χ0v) is 23.7. The Labute approximate surface area is 239 Å². The lowest BCUT2D eigenvalue weighted by Crippen LogP contribution is -2.56. The third-order valence-corrected chi connectivity index (χ3v) is 7.64. The highest BCUT2D eigenvalue weighted by Crippen LogP contribution is 2.37. The number of aliphatic hydroxyl groups excluding tert-OH is 3. The Morgan fingerprint density at radius 1 is 1.26 bits per heavy atom. The zero-order chi connectivity index (χ0) is 27.9. The summed E-state index contributed by atoms with van der Waals surface area (Å²) in [5.74, 6) is -0.287. The highest BCUT2D eigenvalue weighted by atomic mass is 127. The Morgan fingerprint density at radius 2 is 2.08 bits per heavy atom. The van der Waals surface area contributed by atoms with Gasteiger partial charge in [-0.2, -0.15) is 0 Å². The molecule has 4 atom stereocenters. The molecule has 2 aliphatic rings. The van der Waals surface area contributed by atoms with Crippen molar-refractivity contribution in [2.45, 2.75) is 44.2 Å². The number of carbonyl (C=O) groups excluding carboxylic acids is 2. The van der Waals surface area contributed by atoms with Gasteiger partial charge in [0.15, 0.2) is 11.5 Å². The average Bonchev–Trinajstić information content (AvgIpc) is 3.67.